The highest BCUT2D eigenvalue weighted by Gasteiger charge is 2.28. The van der Waals surface area contributed by atoms with E-state index in [9.17, 15) is 0 Å². The Hall–Kier alpha value is -0.160. The lowest BCUT2D eigenvalue weighted by molar-refractivity contribution is 0.0966. The summed E-state index contributed by atoms with van der Waals surface area (Å²) in [6.07, 6.45) is 11.4. The highest BCUT2D eigenvalue weighted by molar-refractivity contribution is 4.83. The van der Waals surface area contributed by atoms with Gasteiger partial charge in [0.25, 0.3) is 0 Å². The van der Waals surface area contributed by atoms with Gasteiger partial charge in [0, 0.05) is 25.2 Å². The van der Waals surface area contributed by atoms with Gasteiger partial charge >= 0.3 is 0 Å². The summed E-state index contributed by atoms with van der Waals surface area (Å²) in [4.78, 5) is 10.4. The average Bonchev–Trinajstić information content (AvgIpc) is 2.64. The van der Waals surface area contributed by atoms with Gasteiger partial charge in [-0.05, 0) is 118 Å². The molecule has 0 aromatic rings. The summed E-state index contributed by atoms with van der Waals surface area (Å²) in [5, 5.41) is 0. The van der Waals surface area contributed by atoms with E-state index in [1.165, 1.54) is 90.6 Å². The quantitative estimate of drug-likeness (QED) is 0.718. The molecule has 4 heteroatoms. The van der Waals surface area contributed by atoms with Crippen LogP contribution in [0.5, 0.6) is 0 Å². The molecule has 0 aromatic heterocycles. The van der Waals surface area contributed by atoms with Gasteiger partial charge in [-0.15, -0.1) is 0 Å². The van der Waals surface area contributed by atoms with E-state index in [4.69, 9.17) is 0 Å². The van der Waals surface area contributed by atoms with Crippen LogP contribution in [0.15, 0.2) is 0 Å². The first-order chi connectivity index (χ1) is 12.5. The van der Waals surface area contributed by atoms with Crippen molar-refractivity contribution in [2.45, 2.75) is 63.5 Å². The molecule has 1 aliphatic carbocycles. The van der Waals surface area contributed by atoms with E-state index >= 15 is 0 Å². The number of likely N-dealkylation sites (tertiary alicyclic amines) is 2. The lowest BCUT2D eigenvalue weighted by atomic mass is 9.81. The van der Waals surface area contributed by atoms with Crippen LogP contribution < -0.4 is 0 Å². The smallest absolute Gasteiger partial charge is 0.0113 e. The molecule has 0 N–H and O–H groups in total. The molecule has 3 fully saturated rings. The minimum atomic E-state index is 0.818. The fourth-order valence-electron chi connectivity index (χ4n) is 5.56. The Kier molecular flexibility index (Phi) is 7.80. The van der Waals surface area contributed by atoms with Crippen LogP contribution in [0.2, 0.25) is 0 Å². The molecular weight excluding hydrogens is 320 g/mol. The van der Waals surface area contributed by atoms with Crippen molar-refractivity contribution in [1.29, 1.82) is 0 Å². The maximum absolute atomic E-state index is 2.76. The van der Waals surface area contributed by atoms with Crippen LogP contribution in [-0.2, 0) is 0 Å². The second kappa shape index (κ2) is 9.86. The zero-order valence-corrected chi connectivity index (χ0v) is 18.0. The van der Waals surface area contributed by atoms with Crippen LogP contribution in [0.3, 0.4) is 0 Å². The Labute approximate surface area is 162 Å². The molecule has 3 aliphatic rings. The third-order valence-electron chi connectivity index (χ3n) is 7.57. The van der Waals surface area contributed by atoms with Crippen LogP contribution in [0.1, 0.15) is 51.4 Å². The largest absolute Gasteiger partial charge is 0.306 e. The van der Waals surface area contributed by atoms with Crippen molar-refractivity contribution in [2.75, 3.05) is 67.5 Å². The van der Waals surface area contributed by atoms with Gasteiger partial charge in [0.1, 0.15) is 0 Å². The fourth-order valence-corrected chi connectivity index (χ4v) is 5.56. The molecule has 2 saturated heterocycles. The summed E-state index contributed by atoms with van der Waals surface area (Å²) in [5.41, 5.74) is 0. The van der Waals surface area contributed by atoms with Gasteiger partial charge in [0.15, 0.2) is 0 Å². The first-order valence-corrected chi connectivity index (χ1v) is 11.3. The van der Waals surface area contributed by atoms with Crippen LogP contribution in [0, 0.1) is 11.8 Å². The minimum absolute atomic E-state index is 0.818. The Morgan fingerprint density at radius 1 is 0.538 bits per heavy atom. The molecule has 0 unspecified atom stereocenters. The van der Waals surface area contributed by atoms with Gasteiger partial charge in [0.05, 0.1) is 0 Å². The first-order valence-electron chi connectivity index (χ1n) is 11.3. The number of hydrogen-bond acceptors (Lipinski definition) is 4. The molecule has 2 aliphatic heterocycles. The first kappa shape index (κ1) is 20.6. The van der Waals surface area contributed by atoms with Crippen molar-refractivity contribution in [1.82, 2.24) is 19.6 Å². The van der Waals surface area contributed by atoms with Crippen molar-refractivity contribution >= 4 is 0 Å². The molecule has 26 heavy (non-hydrogen) atoms. The maximum Gasteiger partial charge on any atom is 0.0113 e. The summed E-state index contributed by atoms with van der Waals surface area (Å²) in [6.45, 7) is 8.04. The van der Waals surface area contributed by atoms with E-state index in [2.05, 4.69) is 47.8 Å². The van der Waals surface area contributed by atoms with E-state index in [1.807, 2.05) is 0 Å². The van der Waals surface area contributed by atoms with E-state index in [0.717, 1.165) is 23.9 Å². The SMILES string of the molecule is CN(C)C1CCN(CC2CCC(CN3CCC(N(C)C)CC3)CC2)CC1. The molecule has 0 spiro atoms. The van der Waals surface area contributed by atoms with Gasteiger partial charge in [0.2, 0.25) is 0 Å². The van der Waals surface area contributed by atoms with E-state index in [0.29, 0.717) is 0 Å². The van der Waals surface area contributed by atoms with Gasteiger partial charge < -0.3 is 19.6 Å². The van der Waals surface area contributed by atoms with Gasteiger partial charge in [-0.25, -0.2) is 0 Å². The van der Waals surface area contributed by atoms with Crippen molar-refractivity contribution in [2.24, 2.45) is 11.8 Å². The van der Waals surface area contributed by atoms with Gasteiger partial charge in [-0.1, -0.05) is 0 Å². The lowest BCUT2D eigenvalue weighted by Gasteiger charge is -2.40. The molecule has 0 bridgehead atoms. The highest BCUT2D eigenvalue weighted by Crippen LogP contribution is 2.31. The molecular formula is C22H44N4. The Morgan fingerprint density at radius 2 is 0.846 bits per heavy atom. The topological polar surface area (TPSA) is 13.0 Å². The summed E-state index contributed by atoms with van der Waals surface area (Å²) >= 11 is 0. The monoisotopic (exact) mass is 364 g/mol. The Bertz CT molecular complexity index is 349. The zero-order valence-electron chi connectivity index (χ0n) is 18.0. The normalized spacial score (nSPS) is 31.2. The van der Waals surface area contributed by atoms with Crippen LogP contribution >= 0.6 is 0 Å². The van der Waals surface area contributed by atoms with Crippen molar-refractivity contribution in [3.8, 4) is 0 Å². The van der Waals surface area contributed by atoms with Gasteiger partial charge in [-0.3, -0.25) is 0 Å². The second-order valence-corrected chi connectivity index (χ2v) is 9.88. The number of nitrogens with zero attached hydrogens (tertiary/aromatic N) is 4. The highest BCUT2D eigenvalue weighted by atomic mass is 15.2. The molecule has 0 radical (unpaired) electrons. The molecule has 0 aromatic carbocycles. The zero-order chi connectivity index (χ0) is 18.5. The lowest BCUT2D eigenvalue weighted by Crippen LogP contribution is -2.45. The average molecular weight is 365 g/mol. The fraction of sp³-hybridized carbons (Fsp3) is 1.00. The maximum atomic E-state index is 2.76. The van der Waals surface area contributed by atoms with Gasteiger partial charge in [-0.2, -0.15) is 0 Å². The van der Waals surface area contributed by atoms with Crippen molar-refractivity contribution < 1.29 is 0 Å². The second-order valence-electron chi connectivity index (χ2n) is 9.88. The third-order valence-corrected chi connectivity index (χ3v) is 7.57. The van der Waals surface area contributed by atoms with Crippen molar-refractivity contribution in [3.05, 3.63) is 0 Å². The number of piperidine rings is 2. The van der Waals surface area contributed by atoms with E-state index in [1.54, 1.807) is 0 Å². The molecule has 1 saturated carbocycles. The molecule has 2 heterocycles. The minimum Gasteiger partial charge on any atom is -0.306 e. The standard InChI is InChI=1S/C22H44N4/c1-23(2)21-9-13-25(14-10-21)17-19-5-7-20(8-6-19)18-26-15-11-22(12-16-26)24(3)4/h19-22H,5-18H2,1-4H3. The predicted molar refractivity (Wildman–Crippen MR) is 112 cm³/mol. The summed E-state index contributed by atoms with van der Waals surface area (Å²) in [7, 11) is 8.96. The number of rotatable bonds is 6. The Balaban J connectivity index is 1.30. The van der Waals surface area contributed by atoms with Crippen LogP contribution in [0.4, 0.5) is 0 Å². The third kappa shape index (κ3) is 5.92. The molecule has 4 nitrogen and oxygen atoms in total. The predicted octanol–water partition coefficient (Wildman–Crippen LogP) is 2.84. The molecule has 152 valence electrons. The van der Waals surface area contributed by atoms with Crippen LogP contribution in [-0.4, -0.2) is 99.1 Å². The summed E-state index contributed by atoms with van der Waals surface area (Å²) in [5.74, 6) is 1.95. The molecule has 0 amide bonds. The molecule has 3 rings (SSSR count). The van der Waals surface area contributed by atoms with Crippen molar-refractivity contribution in [3.63, 3.8) is 0 Å². The van der Waals surface area contributed by atoms with Crippen LogP contribution in [0.25, 0.3) is 0 Å². The molecule has 0 atom stereocenters. The van der Waals surface area contributed by atoms with E-state index < -0.39 is 0 Å². The summed E-state index contributed by atoms with van der Waals surface area (Å²) in [6, 6.07) is 1.64. The van der Waals surface area contributed by atoms with E-state index in [-0.39, 0.29) is 0 Å². The Morgan fingerprint density at radius 3 is 1.12 bits per heavy atom. The summed E-state index contributed by atoms with van der Waals surface area (Å²) < 4.78 is 0. The number of hydrogen-bond donors (Lipinski definition) is 0.